The van der Waals surface area contributed by atoms with Crippen LogP contribution in [0.2, 0.25) is 0 Å². The second-order valence-electron chi connectivity index (χ2n) is 2.89. The van der Waals surface area contributed by atoms with E-state index in [9.17, 15) is 4.79 Å². The van der Waals surface area contributed by atoms with Gasteiger partial charge in [0.15, 0.2) is 0 Å². The first-order chi connectivity index (χ1) is 7.77. The molecule has 0 aromatic carbocycles. The molecule has 1 rings (SSSR count). The third-order valence-electron chi connectivity index (χ3n) is 1.70. The minimum absolute atomic E-state index is 0.276. The minimum atomic E-state index is -0.276. The van der Waals surface area contributed by atoms with E-state index in [1.165, 1.54) is 0 Å². The Hall–Kier alpha value is -2.08. The minimum Gasteiger partial charge on any atom is -0.392 e. The second-order valence-corrected chi connectivity index (χ2v) is 2.89. The molecule has 0 saturated heterocycles. The maximum absolute atomic E-state index is 11.7. The van der Waals surface area contributed by atoms with Gasteiger partial charge in [0.2, 0.25) is 0 Å². The van der Waals surface area contributed by atoms with Crippen molar-refractivity contribution in [3.05, 3.63) is 36.3 Å². The molecule has 0 radical (unpaired) electrons. The molecule has 4 N–H and O–H groups in total. The summed E-state index contributed by atoms with van der Waals surface area (Å²) in [6.07, 6.45) is 3.16. The Balaban J connectivity index is 2.66. The van der Waals surface area contributed by atoms with Crippen molar-refractivity contribution >= 4 is 11.7 Å². The van der Waals surface area contributed by atoms with Gasteiger partial charge < -0.3 is 16.1 Å². The first-order valence-corrected chi connectivity index (χ1v) is 4.80. The molecule has 1 aromatic heterocycles. The van der Waals surface area contributed by atoms with E-state index in [1.54, 1.807) is 44.7 Å². The monoisotopic (exact) mass is 221 g/mol. The molecule has 0 aliphatic carbocycles. The summed E-state index contributed by atoms with van der Waals surface area (Å²) in [6, 6.07) is 5.30. The Morgan fingerprint density at radius 1 is 1.38 bits per heavy atom. The SMILES string of the molecule is CN/C=C(\NNC)C(=O)Nc1ccccn1. The van der Waals surface area contributed by atoms with Crippen LogP contribution in [0.15, 0.2) is 36.3 Å². The van der Waals surface area contributed by atoms with Gasteiger partial charge in [-0.15, -0.1) is 0 Å². The van der Waals surface area contributed by atoms with Crippen molar-refractivity contribution in [2.24, 2.45) is 0 Å². The number of rotatable bonds is 5. The molecule has 6 nitrogen and oxygen atoms in total. The van der Waals surface area contributed by atoms with Gasteiger partial charge in [0.1, 0.15) is 11.5 Å². The molecule has 1 aromatic rings. The fraction of sp³-hybridized carbons (Fsp3) is 0.200. The van der Waals surface area contributed by atoms with Gasteiger partial charge in [-0.25, -0.2) is 10.4 Å². The molecule has 0 saturated carbocycles. The Kier molecular flexibility index (Phi) is 4.81. The van der Waals surface area contributed by atoms with Crippen molar-refractivity contribution < 1.29 is 4.79 Å². The van der Waals surface area contributed by atoms with Crippen molar-refractivity contribution in [3.8, 4) is 0 Å². The van der Waals surface area contributed by atoms with Gasteiger partial charge in [-0.1, -0.05) is 6.07 Å². The molecule has 16 heavy (non-hydrogen) atoms. The number of hydrogen-bond donors (Lipinski definition) is 4. The lowest BCUT2D eigenvalue weighted by Gasteiger charge is -2.09. The third kappa shape index (κ3) is 3.58. The van der Waals surface area contributed by atoms with Crippen LogP contribution in [0.25, 0.3) is 0 Å². The van der Waals surface area contributed by atoms with Gasteiger partial charge >= 0.3 is 0 Å². The quantitative estimate of drug-likeness (QED) is 0.409. The molecule has 0 spiro atoms. The summed E-state index contributed by atoms with van der Waals surface area (Å²) in [5.74, 6) is 0.231. The maximum Gasteiger partial charge on any atom is 0.275 e. The number of pyridine rings is 1. The van der Waals surface area contributed by atoms with E-state index in [1.807, 2.05) is 0 Å². The predicted octanol–water partition coefficient (Wildman–Crippen LogP) is -0.195. The van der Waals surface area contributed by atoms with Crippen LogP contribution in [-0.4, -0.2) is 25.0 Å². The highest BCUT2D eigenvalue weighted by atomic mass is 16.2. The lowest BCUT2D eigenvalue weighted by Crippen LogP contribution is -2.34. The predicted molar refractivity (Wildman–Crippen MR) is 62.2 cm³/mol. The van der Waals surface area contributed by atoms with E-state index < -0.39 is 0 Å². The molecular formula is C10H15N5O. The highest BCUT2D eigenvalue weighted by Crippen LogP contribution is 2.01. The van der Waals surface area contributed by atoms with Crippen molar-refractivity contribution in [1.29, 1.82) is 0 Å². The molecule has 1 amide bonds. The molecule has 0 bridgehead atoms. The van der Waals surface area contributed by atoms with Crippen molar-refractivity contribution in [2.75, 3.05) is 19.4 Å². The molecule has 6 heteroatoms. The van der Waals surface area contributed by atoms with Crippen LogP contribution in [0.1, 0.15) is 0 Å². The molecule has 0 aliphatic heterocycles. The van der Waals surface area contributed by atoms with Crippen LogP contribution < -0.4 is 21.5 Å². The summed E-state index contributed by atoms with van der Waals surface area (Å²) >= 11 is 0. The van der Waals surface area contributed by atoms with Crippen LogP contribution >= 0.6 is 0 Å². The van der Waals surface area contributed by atoms with Crippen molar-refractivity contribution in [3.63, 3.8) is 0 Å². The first-order valence-electron chi connectivity index (χ1n) is 4.80. The summed E-state index contributed by atoms with van der Waals surface area (Å²) in [5, 5.41) is 5.42. The normalized spacial score (nSPS) is 10.8. The molecule has 1 heterocycles. The van der Waals surface area contributed by atoms with Crippen LogP contribution in [0.3, 0.4) is 0 Å². The third-order valence-corrected chi connectivity index (χ3v) is 1.70. The Labute approximate surface area is 94.1 Å². The number of carbonyl (C=O) groups excluding carboxylic acids is 1. The van der Waals surface area contributed by atoms with Gasteiger partial charge in [0.05, 0.1) is 0 Å². The average molecular weight is 221 g/mol. The van der Waals surface area contributed by atoms with E-state index in [4.69, 9.17) is 0 Å². The highest BCUT2D eigenvalue weighted by molar-refractivity contribution is 6.02. The lowest BCUT2D eigenvalue weighted by molar-refractivity contribution is -0.113. The topological polar surface area (TPSA) is 78.1 Å². The Morgan fingerprint density at radius 3 is 2.75 bits per heavy atom. The van der Waals surface area contributed by atoms with Crippen molar-refractivity contribution in [1.82, 2.24) is 21.2 Å². The average Bonchev–Trinajstić information content (AvgIpc) is 2.30. The van der Waals surface area contributed by atoms with Gasteiger partial charge in [0, 0.05) is 26.5 Å². The number of carbonyl (C=O) groups is 1. The highest BCUT2D eigenvalue weighted by Gasteiger charge is 2.08. The van der Waals surface area contributed by atoms with Crippen LogP contribution in [-0.2, 0) is 4.79 Å². The molecule has 0 unspecified atom stereocenters. The summed E-state index contributed by atoms with van der Waals surface area (Å²) in [4.78, 5) is 15.7. The number of anilines is 1. The zero-order valence-electron chi connectivity index (χ0n) is 9.24. The number of nitrogens with zero attached hydrogens (tertiary/aromatic N) is 1. The van der Waals surface area contributed by atoms with E-state index in [-0.39, 0.29) is 5.91 Å². The standard InChI is InChI=1S/C10H15N5O/c1-11-7-8(15-12-2)10(16)14-9-5-3-4-6-13-9/h3-7,11-12,15H,1-2H3,(H,13,14,16)/b8-7-. The number of nitrogens with one attached hydrogen (secondary N) is 4. The van der Waals surface area contributed by atoms with E-state index >= 15 is 0 Å². The lowest BCUT2D eigenvalue weighted by atomic mass is 10.4. The largest absolute Gasteiger partial charge is 0.392 e. The molecule has 0 atom stereocenters. The van der Waals surface area contributed by atoms with Gasteiger partial charge in [0.25, 0.3) is 5.91 Å². The number of hydrogen-bond acceptors (Lipinski definition) is 5. The molecular weight excluding hydrogens is 206 g/mol. The second kappa shape index (κ2) is 6.41. The Morgan fingerprint density at radius 2 is 2.19 bits per heavy atom. The zero-order valence-corrected chi connectivity index (χ0v) is 9.24. The van der Waals surface area contributed by atoms with E-state index in [0.29, 0.717) is 11.5 Å². The molecule has 0 fully saturated rings. The van der Waals surface area contributed by atoms with E-state index in [2.05, 4.69) is 26.5 Å². The number of hydrazine groups is 1. The molecule has 0 aliphatic rings. The van der Waals surface area contributed by atoms with E-state index in [0.717, 1.165) is 0 Å². The molecule has 86 valence electrons. The number of amides is 1. The number of aromatic nitrogens is 1. The summed E-state index contributed by atoms with van der Waals surface area (Å²) in [6.45, 7) is 0. The van der Waals surface area contributed by atoms with Gasteiger partial charge in [-0.3, -0.25) is 4.79 Å². The fourth-order valence-electron chi connectivity index (χ4n) is 1.06. The maximum atomic E-state index is 11.7. The smallest absolute Gasteiger partial charge is 0.275 e. The summed E-state index contributed by atoms with van der Waals surface area (Å²) < 4.78 is 0. The fourth-order valence-corrected chi connectivity index (χ4v) is 1.06. The first kappa shape index (κ1) is 12.0. The van der Waals surface area contributed by atoms with Gasteiger partial charge in [-0.2, -0.15) is 0 Å². The Bertz CT molecular complexity index is 363. The van der Waals surface area contributed by atoms with Crippen molar-refractivity contribution in [2.45, 2.75) is 0 Å². The van der Waals surface area contributed by atoms with Crippen LogP contribution in [0.4, 0.5) is 5.82 Å². The van der Waals surface area contributed by atoms with Crippen LogP contribution in [0.5, 0.6) is 0 Å². The van der Waals surface area contributed by atoms with Gasteiger partial charge in [-0.05, 0) is 12.1 Å². The summed E-state index contributed by atoms with van der Waals surface area (Å²) in [7, 11) is 3.39. The summed E-state index contributed by atoms with van der Waals surface area (Å²) in [5.41, 5.74) is 5.76. The zero-order chi connectivity index (χ0) is 11.8. The van der Waals surface area contributed by atoms with Crippen LogP contribution in [0, 0.1) is 0 Å².